The van der Waals surface area contributed by atoms with Crippen LogP contribution in [0, 0.1) is 13.8 Å². The summed E-state index contributed by atoms with van der Waals surface area (Å²) >= 11 is 1.74. The highest BCUT2D eigenvalue weighted by molar-refractivity contribution is 14.0. The monoisotopic (exact) mass is 431 g/mol. The highest BCUT2D eigenvalue weighted by atomic mass is 127. The lowest BCUT2D eigenvalue weighted by atomic mass is 10.3. The molecule has 0 unspecified atom stereocenters. The molecule has 2 N–H and O–H groups in total. The molecule has 0 amide bonds. The van der Waals surface area contributed by atoms with Crippen molar-refractivity contribution in [2.75, 3.05) is 13.6 Å². The van der Waals surface area contributed by atoms with Crippen LogP contribution < -0.4 is 10.6 Å². The first-order chi connectivity index (χ1) is 10.2. The molecule has 0 radical (unpaired) electrons. The maximum absolute atomic E-state index is 4.46. The molecule has 0 bridgehead atoms. The van der Waals surface area contributed by atoms with E-state index < -0.39 is 0 Å². The molecule has 5 nitrogen and oxygen atoms in total. The number of rotatable bonds is 5. The van der Waals surface area contributed by atoms with Crippen LogP contribution in [0.5, 0.6) is 0 Å². The Hall–Kier alpha value is -1.22. The van der Waals surface area contributed by atoms with Crippen molar-refractivity contribution in [3.05, 3.63) is 45.7 Å². The molecule has 0 saturated carbocycles. The van der Waals surface area contributed by atoms with E-state index in [0.29, 0.717) is 6.54 Å². The molecule has 2 heterocycles. The molecule has 2 rings (SSSR count). The van der Waals surface area contributed by atoms with E-state index in [1.807, 2.05) is 31.3 Å². The zero-order chi connectivity index (χ0) is 15.1. The maximum Gasteiger partial charge on any atom is 0.191 e. The number of aryl methyl sites for hydroxylation is 2. The average molecular weight is 431 g/mol. The van der Waals surface area contributed by atoms with Crippen molar-refractivity contribution in [1.29, 1.82) is 0 Å². The number of aliphatic imine (C=N–C) groups is 1. The molecule has 2 aromatic heterocycles. The normalized spacial score (nSPS) is 11.0. The summed E-state index contributed by atoms with van der Waals surface area (Å²) in [6.45, 7) is 5.54. The van der Waals surface area contributed by atoms with Gasteiger partial charge in [-0.1, -0.05) is 6.07 Å². The van der Waals surface area contributed by atoms with Gasteiger partial charge in [-0.25, -0.2) is 4.98 Å². The summed E-state index contributed by atoms with van der Waals surface area (Å²) < 4.78 is 0. The standard InChI is InChI=1S/C15H21N5S.HI/c1-11-5-4-6-13(20-11)10-19-15(16-3)17-8-7-14-18-9-12(2)21-14;/h4-6,9H,7-8,10H2,1-3H3,(H2,16,17,19);1H. The van der Waals surface area contributed by atoms with Crippen LogP contribution in [0.2, 0.25) is 0 Å². The number of aromatic nitrogens is 2. The highest BCUT2D eigenvalue weighted by Crippen LogP contribution is 2.10. The lowest BCUT2D eigenvalue weighted by molar-refractivity contribution is 0.779. The third-order valence-electron chi connectivity index (χ3n) is 2.91. The highest BCUT2D eigenvalue weighted by Gasteiger charge is 2.01. The number of thiazole rings is 1. The van der Waals surface area contributed by atoms with Crippen LogP contribution in [0.25, 0.3) is 0 Å². The number of nitrogens with zero attached hydrogens (tertiary/aromatic N) is 3. The van der Waals surface area contributed by atoms with E-state index >= 15 is 0 Å². The van der Waals surface area contributed by atoms with Crippen molar-refractivity contribution in [3.63, 3.8) is 0 Å². The number of guanidine groups is 1. The zero-order valence-electron chi connectivity index (χ0n) is 13.1. The van der Waals surface area contributed by atoms with Gasteiger partial charge in [0.15, 0.2) is 5.96 Å². The Morgan fingerprint density at radius 3 is 2.73 bits per heavy atom. The summed E-state index contributed by atoms with van der Waals surface area (Å²) in [4.78, 5) is 14.3. The first-order valence-corrected chi connectivity index (χ1v) is 7.77. The molecule has 2 aromatic rings. The van der Waals surface area contributed by atoms with Gasteiger partial charge in [0.05, 0.1) is 17.2 Å². The van der Waals surface area contributed by atoms with Crippen LogP contribution in [0.3, 0.4) is 0 Å². The molecule has 0 saturated heterocycles. The van der Waals surface area contributed by atoms with Crippen molar-refractivity contribution in [2.24, 2.45) is 4.99 Å². The second-order valence-corrected chi connectivity index (χ2v) is 6.06. The van der Waals surface area contributed by atoms with Gasteiger partial charge >= 0.3 is 0 Å². The van der Waals surface area contributed by atoms with Gasteiger partial charge in [0.2, 0.25) is 0 Å². The van der Waals surface area contributed by atoms with Crippen LogP contribution in [-0.4, -0.2) is 29.5 Å². The largest absolute Gasteiger partial charge is 0.356 e. The van der Waals surface area contributed by atoms with Crippen LogP contribution in [-0.2, 0) is 13.0 Å². The summed E-state index contributed by atoms with van der Waals surface area (Å²) in [7, 11) is 1.77. The molecule has 22 heavy (non-hydrogen) atoms. The number of hydrogen-bond acceptors (Lipinski definition) is 4. The molecular weight excluding hydrogens is 409 g/mol. The number of halogens is 1. The quantitative estimate of drug-likeness (QED) is 0.434. The van der Waals surface area contributed by atoms with Crippen molar-refractivity contribution in [3.8, 4) is 0 Å². The second-order valence-electron chi connectivity index (χ2n) is 4.74. The Morgan fingerprint density at radius 1 is 1.27 bits per heavy atom. The Balaban J connectivity index is 0.00000242. The predicted octanol–water partition coefficient (Wildman–Crippen LogP) is 2.68. The Labute approximate surface area is 152 Å². The Morgan fingerprint density at radius 2 is 2.09 bits per heavy atom. The molecule has 0 aliphatic rings. The summed E-state index contributed by atoms with van der Waals surface area (Å²) in [5.41, 5.74) is 2.03. The topological polar surface area (TPSA) is 62.2 Å². The van der Waals surface area contributed by atoms with Crippen LogP contribution >= 0.6 is 35.3 Å². The number of hydrogen-bond donors (Lipinski definition) is 2. The van der Waals surface area contributed by atoms with Gasteiger partial charge in [0.1, 0.15) is 0 Å². The molecule has 120 valence electrons. The zero-order valence-corrected chi connectivity index (χ0v) is 16.2. The third-order valence-corrected chi connectivity index (χ3v) is 3.88. The van der Waals surface area contributed by atoms with Gasteiger partial charge in [-0.3, -0.25) is 9.98 Å². The second kappa shape index (κ2) is 9.73. The molecule has 0 atom stereocenters. The van der Waals surface area contributed by atoms with Crippen LogP contribution in [0.4, 0.5) is 0 Å². The molecule has 7 heteroatoms. The maximum atomic E-state index is 4.46. The fourth-order valence-corrected chi connectivity index (χ4v) is 2.68. The van der Waals surface area contributed by atoms with E-state index in [2.05, 4.69) is 32.5 Å². The van der Waals surface area contributed by atoms with Gasteiger partial charge < -0.3 is 10.6 Å². The van der Waals surface area contributed by atoms with Crippen molar-refractivity contribution in [1.82, 2.24) is 20.6 Å². The van der Waals surface area contributed by atoms with Crippen molar-refractivity contribution < 1.29 is 0 Å². The molecular formula is C15H22IN5S. The molecule has 0 aromatic carbocycles. The molecule has 0 aliphatic heterocycles. The third kappa shape index (κ3) is 6.27. The lowest BCUT2D eigenvalue weighted by Crippen LogP contribution is -2.38. The van der Waals surface area contributed by atoms with E-state index in [1.54, 1.807) is 18.4 Å². The fraction of sp³-hybridized carbons (Fsp3) is 0.400. The minimum atomic E-state index is 0. The Bertz CT molecular complexity index is 611. The van der Waals surface area contributed by atoms with E-state index in [4.69, 9.17) is 0 Å². The first-order valence-electron chi connectivity index (χ1n) is 6.95. The number of pyridine rings is 1. The lowest BCUT2D eigenvalue weighted by Gasteiger charge is -2.11. The van der Waals surface area contributed by atoms with Crippen molar-refractivity contribution in [2.45, 2.75) is 26.8 Å². The van der Waals surface area contributed by atoms with Gasteiger partial charge in [0, 0.05) is 36.8 Å². The van der Waals surface area contributed by atoms with Crippen LogP contribution in [0.15, 0.2) is 29.4 Å². The summed E-state index contributed by atoms with van der Waals surface area (Å²) in [5, 5.41) is 7.70. The fourth-order valence-electron chi connectivity index (χ4n) is 1.90. The van der Waals surface area contributed by atoms with E-state index in [9.17, 15) is 0 Å². The number of nitrogens with one attached hydrogen (secondary N) is 2. The van der Waals surface area contributed by atoms with E-state index in [1.165, 1.54) is 4.88 Å². The smallest absolute Gasteiger partial charge is 0.191 e. The minimum absolute atomic E-state index is 0. The SMILES string of the molecule is CN=C(NCCc1ncc(C)s1)NCc1cccc(C)n1.I. The molecule has 0 fully saturated rings. The van der Waals surface area contributed by atoms with Crippen molar-refractivity contribution >= 4 is 41.3 Å². The minimum Gasteiger partial charge on any atom is -0.356 e. The van der Waals surface area contributed by atoms with Crippen LogP contribution in [0.1, 0.15) is 21.3 Å². The van der Waals surface area contributed by atoms with E-state index in [0.717, 1.165) is 35.3 Å². The first kappa shape index (κ1) is 18.8. The predicted molar refractivity (Wildman–Crippen MR) is 103 cm³/mol. The van der Waals surface area contributed by atoms with Gasteiger partial charge in [0.25, 0.3) is 0 Å². The average Bonchev–Trinajstić information content (AvgIpc) is 2.88. The molecule has 0 spiro atoms. The van der Waals surface area contributed by atoms with Gasteiger partial charge in [-0.2, -0.15) is 0 Å². The van der Waals surface area contributed by atoms with Gasteiger partial charge in [-0.05, 0) is 26.0 Å². The summed E-state index contributed by atoms with van der Waals surface area (Å²) in [5.74, 6) is 0.784. The summed E-state index contributed by atoms with van der Waals surface area (Å²) in [6, 6.07) is 6.01. The summed E-state index contributed by atoms with van der Waals surface area (Å²) in [6.07, 6.45) is 2.82. The Kier molecular flexibility index (Phi) is 8.32. The van der Waals surface area contributed by atoms with E-state index in [-0.39, 0.29) is 24.0 Å². The van der Waals surface area contributed by atoms with Gasteiger partial charge in [-0.15, -0.1) is 35.3 Å². The molecule has 0 aliphatic carbocycles.